The Bertz CT molecular complexity index is 1090. The molecule has 3 aromatic rings. The molecule has 0 saturated heterocycles. The summed E-state index contributed by atoms with van der Waals surface area (Å²) in [5.74, 6) is -0.475. The van der Waals surface area contributed by atoms with Crippen LogP contribution in [-0.2, 0) is 9.59 Å². The molecule has 162 valence electrons. The molecule has 0 fully saturated rings. The molecule has 0 unspecified atom stereocenters. The van der Waals surface area contributed by atoms with Crippen molar-refractivity contribution < 1.29 is 9.59 Å². The third-order valence-corrected chi connectivity index (χ3v) is 5.75. The molecule has 6 nitrogen and oxygen atoms in total. The zero-order chi connectivity index (χ0) is 22.5. The number of hydrogen-bond donors (Lipinski definition) is 2. The van der Waals surface area contributed by atoms with Gasteiger partial charge < -0.3 is 10.6 Å². The number of amides is 2. The van der Waals surface area contributed by atoms with Crippen LogP contribution < -0.4 is 10.6 Å². The molecule has 0 bridgehead atoms. The maximum Gasteiger partial charge on any atom is 0.240 e. The monoisotopic (exact) mass is 456 g/mol. The SMILES string of the molecule is Cc1cc(C)c(-c2csc(NC(=O)CN(C)CC(=O)Nc3ccccc3Cl)n2)c(C)c1. The van der Waals surface area contributed by atoms with Gasteiger partial charge in [0.1, 0.15) is 0 Å². The van der Waals surface area contributed by atoms with Crippen LogP contribution in [0.25, 0.3) is 11.3 Å². The van der Waals surface area contributed by atoms with Crippen molar-refractivity contribution in [2.75, 3.05) is 30.8 Å². The van der Waals surface area contributed by atoms with Gasteiger partial charge in [-0.3, -0.25) is 14.5 Å². The second-order valence-corrected chi connectivity index (χ2v) is 8.83. The normalized spacial score (nSPS) is 10.9. The van der Waals surface area contributed by atoms with Crippen molar-refractivity contribution in [2.45, 2.75) is 20.8 Å². The van der Waals surface area contributed by atoms with Gasteiger partial charge in [0.05, 0.1) is 29.5 Å². The summed E-state index contributed by atoms with van der Waals surface area (Å²) < 4.78 is 0. The summed E-state index contributed by atoms with van der Waals surface area (Å²) in [4.78, 5) is 30.8. The van der Waals surface area contributed by atoms with Crippen LogP contribution in [0.5, 0.6) is 0 Å². The number of hydrogen-bond acceptors (Lipinski definition) is 5. The molecule has 2 amide bonds. The summed E-state index contributed by atoms with van der Waals surface area (Å²) in [6.45, 7) is 6.32. The van der Waals surface area contributed by atoms with E-state index in [2.05, 4.69) is 48.5 Å². The Morgan fingerprint density at radius 1 is 1.03 bits per heavy atom. The highest BCUT2D eigenvalue weighted by Crippen LogP contribution is 2.31. The van der Waals surface area contributed by atoms with Gasteiger partial charge in [0.2, 0.25) is 11.8 Å². The Hall–Kier alpha value is -2.74. The first-order valence-corrected chi connectivity index (χ1v) is 11.0. The van der Waals surface area contributed by atoms with Crippen molar-refractivity contribution in [3.8, 4) is 11.3 Å². The predicted octanol–water partition coefficient (Wildman–Crippen LogP) is 4.90. The molecular formula is C23H25ClN4O2S. The summed E-state index contributed by atoms with van der Waals surface area (Å²) in [5.41, 5.74) is 6.02. The topological polar surface area (TPSA) is 74.3 Å². The lowest BCUT2D eigenvalue weighted by molar-refractivity contribution is -0.119. The highest BCUT2D eigenvalue weighted by molar-refractivity contribution is 7.14. The average molecular weight is 457 g/mol. The van der Waals surface area contributed by atoms with Gasteiger partial charge >= 0.3 is 0 Å². The zero-order valence-electron chi connectivity index (χ0n) is 18.0. The molecule has 0 spiro atoms. The molecule has 2 N–H and O–H groups in total. The van der Waals surface area contributed by atoms with Crippen molar-refractivity contribution >= 4 is 45.6 Å². The lowest BCUT2D eigenvalue weighted by atomic mass is 9.98. The summed E-state index contributed by atoms with van der Waals surface area (Å²) in [5, 5.41) is 8.51. The average Bonchev–Trinajstić information content (AvgIpc) is 3.10. The number of likely N-dealkylation sites (N-methyl/N-ethyl adjacent to an activating group) is 1. The van der Waals surface area contributed by atoms with Crippen LogP contribution in [0.3, 0.4) is 0 Å². The lowest BCUT2D eigenvalue weighted by Crippen LogP contribution is -2.36. The fourth-order valence-corrected chi connectivity index (χ4v) is 4.39. The van der Waals surface area contributed by atoms with Crippen LogP contribution in [0.1, 0.15) is 16.7 Å². The van der Waals surface area contributed by atoms with Gasteiger partial charge in [-0.25, -0.2) is 4.98 Å². The van der Waals surface area contributed by atoms with E-state index in [0.29, 0.717) is 15.8 Å². The van der Waals surface area contributed by atoms with Crippen LogP contribution >= 0.6 is 22.9 Å². The number of carbonyl (C=O) groups excluding carboxylic acids is 2. The van der Waals surface area contributed by atoms with Crippen molar-refractivity contribution in [3.05, 3.63) is 63.5 Å². The largest absolute Gasteiger partial charge is 0.324 e. The number of aryl methyl sites for hydroxylation is 3. The van der Waals surface area contributed by atoms with E-state index in [1.165, 1.54) is 16.9 Å². The van der Waals surface area contributed by atoms with Gasteiger partial charge in [-0.15, -0.1) is 11.3 Å². The minimum absolute atomic E-state index is 0.0590. The number of halogens is 1. The highest BCUT2D eigenvalue weighted by Gasteiger charge is 2.15. The van der Waals surface area contributed by atoms with Crippen LogP contribution in [0, 0.1) is 20.8 Å². The first kappa shape index (κ1) is 22.9. The Kier molecular flexibility index (Phi) is 7.43. The molecule has 3 rings (SSSR count). The molecule has 0 aliphatic rings. The van der Waals surface area contributed by atoms with Gasteiger partial charge in [-0.1, -0.05) is 41.4 Å². The number of nitrogens with one attached hydrogen (secondary N) is 2. The third kappa shape index (κ3) is 6.13. The Balaban J connectivity index is 1.55. The van der Waals surface area contributed by atoms with E-state index in [4.69, 9.17) is 11.6 Å². The Morgan fingerprint density at radius 2 is 1.65 bits per heavy atom. The summed E-state index contributed by atoms with van der Waals surface area (Å²) in [6, 6.07) is 11.3. The predicted molar refractivity (Wildman–Crippen MR) is 128 cm³/mol. The second kappa shape index (κ2) is 10.0. The molecule has 1 aromatic heterocycles. The van der Waals surface area contributed by atoms with Gasteiger partial charge in [0.25, 0.3) is 0 Å². The Morgan fingerprint density at radius 3 is 2.29 bits per heavy atom. The standard InChI is InChI=1S/C23H25ClN4O2S/c1-14-9-15(2)22(16(3)10-14)19-13-31-23(26-19)27-21(30)12-28(4)11-20(29)25-18-8-6-5-7-17(18)24/h5-10,13H,11-12H2,1-4H3,(H,25,29)(H,26,27,30). The van der Waals surface area contributed by atoms with Crippen LogP contribution in [0.15, 0.2) is 41.8 Å². The number of carbonyl (C=O) groups is 2. The molecule has 0 aliphatic heterocycles. The summed E-state index contributed by atoms with van der Waals surface area (Å²) >= 11 is 7.44. The number of thiazole rings is 1. The van der Waals surface area contributed by atoms with E-state index in [1.807, 2.05) is 5.38 Å². The molecule has 0 radical (unpaired) electrons. The second-order valence-electron chi connectivity index (χ2n) is 7.56. The van der Waals surface area contributed by atoms with Crippen molar-refractivity contribution in [2.24, 2.45) is 0 Å². The number of aromatic nitrogens is 1. The smallest absolute Gasteiger partial charge is 0.240 e. The van der Waals surface area contributed by atoms with Crippen molar-refractivity contribution in [1.82, 2.24) is 9.88 Å². The van der Waals surface area contributed by atoms with Gasteiger partial charge in [-0.2, -0.15) is 0 Å². The van der Waals surface area contributed by atoms with Crippen LogP contribution in [0.2, 0.25) is 5.02 Å². The Labute approximate surface area is 191 Å². The van der Waals surface area contributed by atoms with E-state index in [1.54, 1.807) is 36.2 Å². The molecular weight excluding hydrogens is 432 g/mol. The molecule has 0 aliphatic carbocycles. The molecule has 1 heterocycles. The zero-order valence-corrected chi connectivity index (χ0v) is 19.5. The quantitative estimate of drug-likeness (QED) is 0.530. The van der Waals surface area contributed by atoms with Crippen molar-refractivity contribution in [1.29, 1.82) is 0 Å². The molecule has 0 saturated carbocycles. The third-order valence-electron chi connectivity index (χ3n) is 4.66. The van der Waals surface area contributed by atoms with Crippen LogP contribution in [0.4, 0.5) is 10.8 Å². The lowest BCUT2D eigenvalue weighted by Gasteiger charge is -2.15. The maximum atomic E-state index is 12.4. The van der Waals surface area contributed by atoms with E-state index in [0.717, 1.165) is 22.4 Å². The van der Waals surface area contributed by atoms with E-state index < -0.39 is 0 Å². The van der Waals surface area contributed by atoms with E-state index in [-0.39, 0.29) is 24.9 Å². The van der Waals surface area contributed by atoms with E-state index in [9.17, 15) is 9.59 Å². The number of para-hydroxylation sites is 1. The molecule has 8 heteroatoms. The minimum atomic E-state index is -0.245. The van der Waals surface area contributed by atoms with E-state index >= 15 is 0 Å². The number of nitrogens with zero attached hydrogens (tertiary/aromatic N) is 2. The summed E-state index contributed by atoms with van der Waals surface area (Å²) in [6.07, 6.45) is 0. The summed E-state index contributed by atoms with van der Waals surface area (Å²) in [7, 11) is 1.71. The highest BCUT2D eigenvalue weighted by atomic mass is 35.5. The maximum absolute atomic E-state index is 12.4. The molecule has 31 heavy (non-hydrogen) atoms. The first-order valence-electron chi connectivity index (χ1n) is 9.79. The minimum Gasteiger partial charge on any atom is -0.324 e. The van der Waals surface area contributed by atoms with Gasteiger partial charge in [0, 0.05) is 10.9 Å². The molecule has 0 atom stereocenters. The first-order chi connectivity index (χ1) is 14.7. The van der Waals surface area contributed by atoms with Crippen molar-refractivity contribution in [3.63, 3.8) is 0 Å². The number of anilines is 2. The number of benzene rings is 2. The fourth-order valence-electron chi connectivity index (χ4n) is 3.49. The van der Waals surface area contributed by atoms with Crippen LogP contribution in [-0.4, -0.2) is 41.8 Å². The number of rotatable bonds is 7. The molecule has 2 aromatic carbocycles. The fraction of sp³-hybridized carbons (Fsp3) is 0.261. The van der Waals surface area contributed by atoms with Gasteiger partial charge in [0.15, 0.2) is 5.13 Å². The van der Waals surface area contributed by atoms with Gasteiger partial charge in [-0.05, 0) is 51.1 Å².